The number of ether oxygens (including phenoxy) is 2. The summed E-state index contributed by atoms with van der Waals surface area (Å²) in [5, 5.41) is 4.16. The third-order valence-electron chi connectivity index (χ3n) is 2.35. The first-order valence-corrected chi connectivity index (χ1v) is 6.13. The van der Waals surface area contributed by atoms with Crippen molar-refractivity contribution in [1.29, 1.82) is 0 Å². The van der Waals surface area contributed by atoms with E-state index in [9.17, 15) is 23.2 Å². The number of esters is 1. The highest BCUT2D eigenvalue weighted by atomic mass is 19.1. The molecule has 0 aliphatic heterocycles. The maximum Gasteiger partial charge on any atom is 0.344 e. The summed E-state index contributed by atoms with van der Waals surface area (Å²) in [7, 11) is 1.44. The van der Waals surface area contributed by atoms with Gasteiger partial charge >= 0.3 is 12.0 Å². The molecule has 7 nitrogen and oxygen atoms in total. The highest BCUT2D eigenvalue weighted by Gasteiger charge is 2.19. The summed E-state index contributed by atoms with van der Waals surface area (Å²) in [4.78, 5) is 34.0. The van der Waals surface area contributed by atoms with Gasteiger partial charge in [-0.1, -0.05) is 6.07 Å². The van der Waals surface area contributed by atoms with E-state index in [1.165, 1.54) is 7.11 Å². The van der Waals surface area contributed by atoms with E-state index in [1.54, 1.807) is 0 Å². The summed E-state index contributed by atoms with van der Waals surface area (Å²) in [6, 6.07) is 2.03. The maximum absolute atomic E-state index is 13.3. The quantitative estimate of drug-likeness (QED) is 0.592. The Labute approximate surface area is 124 Å². The number of carbonyl (C=O) groups is 3. The molecule has 0 atom stereocenters. The van der Waals surface area contributed by atoms with Crippen LogP contribution in [0.2, 0.25) is 0 Å². The number of urea groups is 1. The SMILES string of the molecule is COCCNC(=O)NC(=O)COC(=O)c1c(F)cccc1F. The fraction of sp³-hybridized carbons (Fsp3) is 0.308. The molecule has 0 saturated carbocycles. The first-order chi connectivity index (χ1) is 10.5. The van der Waals surface area contributed by atoms with Gasteiger partial charge in [-0.25, -0.2) is 18.4 Å². The number of rotatable bonds is 6. The van der Waals surface area contributed by atoms with Crippen LogP contribution in [0.15, 0.2) is 18.2 Å². The normalized spacial score (nSPS) is 9.95. The lowest BCUT2D eigenvalue weighted by Gasteiger charge is -2.08. The molecule has 9 heteroatoms. The van der Waals surface area contributed by atoms with Crippen LogP contribution in [0.3, 0.4) is 0 Å². The topological polar surface area (TPSA) is 93.7 Å². The molecule has 0 radical (unpaired) electrons. The van der Waals surface area contributed by atoms with Crippen LogP contribution in [0.4, 0.5) is 13.6 Å². The summed E-state index contributed by atoms with van der Waals surface area (Å²) >= 11 is 0. The monoisotopic (exact) mass is 316 g/mol. The smallest absolute Gasteiger partial charge is 0.344 e. The van der Waals surface area contributed by atoms with Gasteiger partial charge in [-0.3, -0.25) is 10.1 Å². The largest absolute Gasteiger partial charge is 0.452 e. The van der Waals surface area contributed by atoms with Crippen molar-refractivity contribution >= 4 is 17.9 Å². The van der Waals surface area contributed by atoms with Crippen LogP contribution < -0.4 is 10.6 Å². The standard InChI is InChI=1S/C13H14F2N2O5/c1-21-6-5-16-13(20)17-10(18)7-22-12(19)11-8(14)3-2-4-9(11)15/h2-4H,5-7H2,1H3,(H2,16,17,18,20). The highest BCUT2D eigenvalue weighted by Crippen LogP contribution is 2.13. The van der Waals surface area contributed by atoms with Gasteiger partial charge in [-0.15, -0.1) is 0 Å². The molecule has 3 amide bonds. The first kappa shape index (κ1) is 17.5. The number of halogens is 2. The molecule has 1 aromatic rings. The molecule has 0 aliphatic rings. The molecular formula is C13H14F2N2O5. The zero-order valence-corrected chi connectivity index (χ0v) is 11.7. The summed E-state index contributed by atoms with van der Waals surface area (Å²) in [5.41, 5.74) is -0.903. The fourth-order valence-corrected chi connectivity index (χ4v) is 1.37. The average Bonchev–Trinajstić information content (AvgIpc) is 2.45. The van der Waals surface area contributed by atoms with Gasteiger partial charge in [-0.05, 0) is 12.1 Å². The van der Waals surface area contributed by atoms with Crippen molar-refractivity contribution < 1.29 is 32.6 Å². The number of benzene rings is 1. The molecule has 0 heterocycles. The Morgan fingerprint density at radius 3 is 2.41 bits per heavy atom. The molecule has 22 heavy (non-hydrogen) atoms. The van der Waals surface area contributed by atoms with Crippen molar-refractivity contribution in [2.75, 3.05) is 26.9 Å². The summed E-state index contributed by atoms with van der Waals surface area (Å²) in [6.45, 7) is -0.427. The second-order valence-electron chi connectivity index (χ2n) is 3.97. The van der Waals surface area contributed by atoms with Crippen LogP contribution in [0.5, 0.6) is 0 Å². The van der Waals surface area contributed by atoms with Crippen molar-refractivity contribution in [2.45, 2.75) is 0 Å². The predicted molar refractivity (Wildman–Crippen MR) is 70.1 cm³/mol. The van der Waals surface area contributed by atoms with Crippen LogP contribution in [0, 0.1) is 11.6 Å². The van der Waals surface area contributed by atoms with Gasteiger partial charge in [0, 0.05) is 13.7 Å². The Hall–Kier alpha value is -2.55. The van der Waals surface area contributed by atoms with E-state index < -0.39 is 41.7 Å². The minimum atomic E-state index is -1.34. The fourth-order valence-electron chi connectivity index (χ4n) is 1.37. The zero-order chi connectivity index (χ0) is 16.5. The first-order valence-electron chi connectivity index (χ1n) is 6.13. The minimum Gasteiger partial charge on any atom is -0.452 e. The highest BCUT2D eigenvalue weighted by molar-refractivity contribution is 5.97. The van der Waals surface area contributed by atoms with Crippen LogP contribution >= 0.6 is 0 Å². The maximum atomic E-state index is 13.3. The molecule has 0 unspecified atom stereocenters. The van der Waals surface area contributed by atoms with Crippen molar-refractivity contribution in [3.05, 3.63) is 35.4 Å². The van der Waals surface area contributed by atoms with E-state index >= 15 is 0 Å². The molecule has 1 rings (SSSR count). The van der Waals surface area contributed by atoms with E-state index in [0.717, 1.165) is 18.2 Å². The minimum absolute atomic E-state index is 0.176. The number of imide groups is 1. The number of nitrogens with one attached hydrogen (secondary N) is 2. The average molecular weight is 316 g/mol. The van der Waals surface area contributed by atoms with E-state index in [2.05, 4.69) is 14.8 Å². The van der Waals surface area contributed by atoms with Crippen molar-refractivity contribution in [2.24, 2.45) is 0 Å². The molecule has 0 bridgehead atoms. The van der Waals surface area contributed by atoms with Crippen LogP contribution in [-0.4, -0.2) is 44.8 Å². The van der Waals surface area contributed by atoms with E-state index in [0.29, 0.717) is 0 Å². The lowest BCUT2D eigenvalue weighted by molar-refractivity contribution is -0.123. The van der Waals surface area contributed by atoms with Gasteiger partial charge < -0.3 is 14.8 Å². The Balaban J connectivity index is 2.44. The second-order valence-corrected chi connectivity index (χ2v) is 3.97. The number of methoxy groups -OCH3 is 1. The van der Waals surface area contributed by atoms with Crippen molar-refractivity contribution in [3.8, 4) is 0 Å². The Bertz CT molecular complexity index is 545. The van der Waals surface area contributed by atoms with E-state index in [-0.39, 0.29) is 13.2 Å². The summed E-state index contributed by atoms with van der Waals surface area (Å²) in [5.74, 6) is -4.50. The third kappa shape index (κ3) is 5.44. The van der Waals surface area contributed by atoms with Crippen LogP contribution in [-0.2, 0) is 14.3 Å². The van der Waals surface area contributed by atoms with Gasteiger partial charge in [0.05, 0.1) is 6.61 Å². The number of carbonyl (C=O) groups excluding carboxylic acids is 3. The van der Waals surface area contributed by atoms with Gasteiger partial charge in [0.2, 0.25) is 0 Å². The van der Waals surface area contributed by atoms with Crippen molar-refractivity contribution in [3.63, 3.8) is 0 Å². The molecule has 0 saturated heterocycles. The van der Waals surface area contributed by atoms with Gasteiger partial charge in [0.15, 0.2) is 6.61 Å². The number of hydrogen-bond donors (Lipinski definition) is 2. The van der Waals surface area contributed by atoms with Gasteiger partial charge in [-0.2, -0.15) is 0 Å². The van der Waals surface area contributed by atoms with Crippen molar-refractivity contribution in [1.82, 2.24) is 10.6 Å². The molecule has 2 N–H and O–H groups in total. The summed E-state index contributed by atoms with van der Waals surface area (Å²) < 4.78 is 35.7. The molecule has 120 valence electrons. The van der Waals surface area contributed by atoms with Crippen LogP contribution in [0.1, 0.15) is 10.4 Å². The lowest BCUT2D eigenvalue weighted by Crippen LogP contribution is -2.42. The molecule has 0 aromatic heterocycles. The predicted octanol–water partition coefficient (Wildman–Crippen LogP) is 0.594. The van der Waals surface area contributed by atoms with Crippen LogP contribution in [0.25, 0.3) is 0 Å². The Morgan fingerprint density at radius 1 is 1.18 bits per heavy atom. The van der Waals surface area contributed by atoms with Gasteiger partial charge in [0.25, 0.3) is 5.91 Å². The molecule has 1 aromatic carbocycles. The van der Waals surface area contributed by atoms with Gasteiger partial charge in [0.1, 0.15) is 17.2 Å². The number of hydrogen-bond acceptors (Lipinski definition) is 5. The van der Waals surface area contributed by atoms with E-state index in [4.69, 9.17) is 0 Å². The Kier molecular flexibility index (Phi) is 6.90. The van der Waals surface area contributed by atoms with E-state index in [1.807, 2.05) is 5.32 Å². The zero-order valence-electron chi connectivity index (χ0n) is 11.7. The molecule has 0 spiro atoms. The lowest BCUT2D eigenvalue weighted by atomic mass is 10.2. The third-order valence-corrected chi connectivity index (χ3v) is 2.35. The molecule has 0 aliphatic carbocycles. The number of amides is 3. The molecular weight excluding hydrogens is 302 g/mol. The second kappa shape index (κ2) is 8.67. The molecule has 0 fully saturated rings. The summed E-state index contributed by atoms with van der Waals surface area (Å²) in [6.07, 6.45) is 0. The Morgan fingerprint density at radius 2 is 1.82 bits per heavy atom.